The molecule has 3 rings (SSSR count). The molecule has 0 unspecified atom stereocenters. The number of nitrogens with one attached hydrogen (secondary N) is 1. The number of anilines is 1. The second-order valence-corrected chi connectivity index (χ2v) is 6.83. The number of amides is 1. The molecule has 0 aliphatic carbocycles. The highest BCUT2D eigenvalue weighted by Gasteiger charge is 2.15. The Balaban J connectivity index is 1.72. The predicted octanol–water partition coefficient (Wildman–Crippen LogP) is 3.62. The molecule has 0 radical (unpaired) electrons. The van der Waals surface area contributed by atoms with Crippen LogP contribution in [0.3, 0.4) is 0 Å². The minimum Gasteiger partial charge on any atom is -0.322 e. The molecular weight excluding hydrogens is 322 g/mol. The average molecular weight is 341 g/mol. The van der Waals surface area contributed by atoms with Gasteiger partial charge in [-0.05, 0) is 37.1 Å². The molecule has 0 aliphatic heterocycles. The first kappa shape index (κ1) is 16.3. The SMILES string of the molecule is Cc1c(C(=O)Nc2ccc(-c3nncs3)cc2)cnn1CC(C)C. The molecule has 3 aromatic rings. The standard InChI is InChI=1S/C17H19N5OS/c1-11(2)9-22-12(3)15(8-19-22)16(23)20-14-6-4-13(5-7-14)17-21-18-10-24-17/h4-8,10-11H,9H2,1-3H3,(H,20,23). The topological polar surface area (TPSA) is 72.7 Å². The van der Waals surface area contributed by atoms with Gasteiger partial charge >= 0.3 is 0 Å². The first-order chi connectivity index (χ1) is 11.5. The fraction of sp³-hybridized carbons (Fsp3) is 0.294. The van der Waals surface area contributed by atoms with E-state index >= 15 is 0 Å². The van der Waals surface area contributed by atoms with Crippen LogP contribution in [0.2, 0.25) is 0 Å². The van der Waals surface area contributed by atoms with Crippen molar-refractivity contribution in [2.24, 2.45) is 5.92 Å². The van der Waals surface area contributed by atoms with Crippen LogP contribution in [0.4, 0.5) is 5.69 Å². The average Bonchev–Trinajstić information content (AvgIpc) is 3.19. The Morgan fingerprint density at radius 2 is 2.04 bits per heavy atom. The van der Waals surface area contributed by atoms with Crippen molar-refractivity contribution in [3.63, 3.8) is 0 Å². The Kier molecular flexibility index (Phi) is 4.71. The second-order valence-electron chi connectivity index (χ2n) is 5.99. The van der Waals surface area contributed by atoms with Gasteiger partial charge in [-0.3, -0.25) is 9.48 Å². The molecule has 0 saturated heterocycles. The van der Waals surface area contributed by atoms with Gasteiger partial charge in [-0.15, -0.1) is 10.2 Å². The lowest BCUT2D eigenvalue weighted by atomic mass is 10.2. The quantitative estimate of drug-likeness (QED) is 0.769. The number of carbonyl (C=O) groups is 1. The van der Waals surface area contributed by atoms with Crippen molar-refractivity contribution >= 4 is 22.9 Å². The number of nitrogens with zero attached hydrogens (tertiary/aromatic N) is 4. The number of rotatable bonds is 5. The first-order valence-corrected chi connectivity index (χ1v) is 8.63. The molecule has 0 fully saturated rings. The largest absolute Gasteiger partial charge is 0.322 e. The third-order valence-electron chi connectivity index (χ3n) is 3.64. The van der Waals surface area contributed by atoms with Crippen LogP contribution >= 0.6 is 11.3 Å². The zero-order valence-electron chi connectivity index (χ0n) is 13.9. The van der Waals surface area contributed by atoms with Crippen LogP contribution in [0.25, 0.3) is 10.6 Å². The van der Waals surface area contributed by atoms with E-state index in [9.17, 15) is 4.79 Å². The van der Waals surface area contributed by atoms with Gasteiger partial charge < -0.3 is 5.32 Å². The second kappa shape index (κ2) is 6.92. The van der Waals surface area contributed by atoms with Crippen molar-refractivity contribution in [2.75, 3.05) is 5.32 Å². The molecule has 0 spiro atoms. The summed E-state index contributed by atoms with van der Waals surface area (Å²) in [7, 11) is 0. The van der Waals surface area contributed by atoms with E-state index in [2.05, 4.69) is 34.5 Å². The third-order valence-corrected chi connectivity index (χ3v) is 4.38. The van der Waals surface area contributed by atoms with Crippen molar-refractivity contribution in [3.8, 4) is 10.6 Å². The summed E-state index contributed by atoms with van der Waals surface area (Å²) in [5, 5.41) is 15.9. The smallest absolute Gasteiger partial charge is 0.259 e. The first-order valence-electron chi connectivity index (χ1n) is 7.75. The van der Waals surface area contributed by atoms with E-state index in [0.29, 0.717) is 11.5 Å². The monoisotopic (exact) mass is 341 g/mol. The summed E-state index contributed by atoms with van der Waals surface area (Å²) in [6.45, 7) is 6.97. The molecule has 1 amide bonds. The molecular formula is C17H19N5OS. The minimum atomic E-state index is -0.147. The molecule has 1 aromatic carbocycles. The van der Waals surface area contributed by atoms with Gasteiger partial charge in [-0.1, -0.05) is 25.2 Å². The van der Waals surface area contributed by atoms with E-state index in [1.165, 1.54) is 11.3 Å². The summed E-state index contributed by atoms with van der Waals surface area (Å²) in [6.07, 6.45) is 1.63. The van der Waals surface area contributed by atoms with Crippen molar-refractivity contribution in [1.82, 2.24) is 20.0 Å². The molecule has 24 heavy (non-hydrogen) atoms. The van der Waals surface area contributed by atoms with E-state index in [1.54, 1.807) is 11.7 Å². The molecule has 0 aliphatic rings. The lowest BCUT2D eigenvalue weighted by Crippen LogP contribution is -2.14. The van der Waals surface area contributed by atoms with Gasteiger partial charge in [0.15, 0.2) is 0 Å². The zero-order valence-corrected chi connectivity index (χ0v) is 14.7. The Morgan fingerprint density at radius 3 is 2.67 bits per heavy atom. The normalized spacial score (nSPS) is 11.0. The molecule has 2 aromatic heterocycles. The van der Waals surface area contributed by atoms with Crippen molar-refractivity contribution in [3.05, 3.63) is 47.2 Å². The lowest BCUT2D eigenvalue weighted by Gasteiger charge is -2.08. The maximum absolute atomic E-state index is 12.5. The third kappa shape index (κ3) is 3.51. The fourth-order valence-corrected chi connectivity index (χ4v) is 2.95. The van der Waals surface area contributed by atoms with Crippen molar-refractivity contribution in [1.29, 1.82) is 0 Å². The number of aromatic nitrogens is 4. The molecule has 7 heteroatoms. The number of hydrogen-bond acceptors (Lipinski definition) is 5. The van der Waals surface area contributed by atoms with Gasteiger partial charge in [0.2, 0.25) is 0 Å². The van der Waals surface area contributed by atoms with Crippen molar-refractivity contribution in [2.45, 2.75) is 27.3 Å². The highest BCUT2D eigenvalue weighted by atomic mass is 32.1. The van der Waals surface area contributed by atoms with Gasteiger partial charge in [-0.2, -0.15) is 5.10 Å². The number of carbonyl (C=O) groups excluding carboxylic acids is 1. The number of benzene rings is 1. The summed E-state index contributed by atoms with van der Waals surface area (Å²) >= 11 is 1.48. The van der Waals surface area contributed by atoms with Gasteiger partial charge in [0.05, 0.1) is 11.8 Å². The Hall–Kier alpha value is -2.54. The minimum absolute atomic E-state index is 0.147. The number of hydrogen-bond donors (Lipinski definition) is 1. The lowest BCUT2D eigenvalue weighted by molar-refractivity contribution is 0.102. The van der Waals surface area contributed by atoms with Crippen LogP contribution in [0.15, 0.2) is 36.0 Å². The van der Waals surface area contributed by atoms with Gasteiger partial charge in [0, 0.05) is 23.5 Å². The highest BCUT2D eigenvalue weighted by molar-refractivity contribution is 7.12. The predicted molar refractivity (Wildman–Crippen MR) is 95.1 cm³/mol. The summed E-state index contributed by atoms with van der Waals surface area (Å²) in [6, 6.07) is 7.57. The Morgan fingerprint density at radius 1 is 1.29 bits per heavy atom. The van der Waals surface area contributed by atoms with E-state index in [1.807, 2.05) is 35.9 Å². The van der Waals surface area contributed by atoms with Gasteiger partial charge in [-0.25, -0.2) is 0 Å². The van der Waals surface area contributed by atoms with E-state index in [4.69, 9.17) is 0 Å². The van der Waals surface area contributed by atoms with Crippen LogP contribution in [-0.2, 0) is 6.54 Å². The summed E-state index contributed by atoms with van der Waals surface area (Å²) < 4.78 is 1.87. The molecule has 1 N–H and O–H groups in total. The molecule has 0 bridgehead atoms. The van der Waals surface area contributed by atoms with Crippen molar-refractivity contribution < 1.29 is 4.79 Å². The Bertz CT molecular complexity index is 821. The molecule has 6 nitrogen and oxygen atoms in total. The van der Waals surface area contributed by atoms with Crippen LogP contribution in [-0.4, -0.2) is 25.9 Å². The molecule has 124 valence electrons. The van der Waals surface area contributed by atoms with Crippen LogP contribution in [0, 0.1) is 12.8 Å². The fourth-order valence-electron chi connectivity index (χ4n) is 2.39. The summed E-state index contributed by atoms with van der Waals surface area (Å²) in [5.74, 6) is 0.332. The Labute approximate surface area is 144 Å². The maximum Gasteiger partial charge on any atom is 0.259 e. The maximum atomic E-state index is 12.5. The summed E-state index contributed by atoms with van der Waals surface area (Å²) in [4.78, 5) is 12.5. The van der Waals surface area contributed by atoms with E-state index in [-0.39, 0.29) is 5.91 Å². The van der Waals surface area contributed by atoms with E-state index in [0.717, 1.165) is 28.5 Å². The van der Waals surface area contributed by atoms with Crippen LogP contribution < -0.4 is 5.32 Å². The molecule has 0 atom stereocenters. The highest BCUT2D eigenvalue weighted by Crippen LogP contribution is 2.22. The van der Waals surface area contributed by atoms with E-state index < -0.39 is 0 Å². The molecule has 2 heterocycles. The van der Waals surface area contributed by atoms with Gasteiger partial charge in [0.1, 0.15) is 10.5 Å². The van der Waals surface area contributed by atoms with Crippen LogP contribution in [0.1, 0.15) is 29.9 Å². The van der Waals surface area contributed by atoms with Crippen LogP contribution in [0.5, 0.6) is 0 Å². The molecule has 0 saturated carbocycles. The summed E-state index contributed by atoms with van der Waals surface area (Å²) in [5.41, 5.74) is 4.90. The van der Waals surface area contributed by atoms with Gasteiger partial charge in [0.25, 0.3) is 5.91 Å². The zero-order chi connectivity index (χ0) is 17.1.